The third-order valence-electron chi connectivity index (χ3n) is 3.93. The van der Waals surface area contributed by atoms with E-state index >= 15 is 0 Å². The van der Waals surface area contributed by atoms with Crippen LogP contribution in [0.4, 0.5) is 5.13 Å². The molecular formula is C17H19BrN4O2S2. The zero-order valence-electron chi connectivity index (χ0n) is 14.4. The lowest BCUT2D eigenvalue weighted by molar-refractivity contribution is -0.119. The molecule has 1 aromatic heterocycles. The predicted molar refractivity (Wildman–Crippen MR) is 108 cm³/mol. The van der Waals surface area contributed by atoms with Crippen LogP contribution in [0.5, 0.6) is 0 Å². The Bertz CT molecular complexity index is 792. The minimum atomic E-state index is -0.0655. The van der Waals surface area contributed by atoms with E-state index in [-0.39, 0.29) is 29.7 Å². The predicted octanol–water partition coefficient (Wildman–Crippen LogP) is 3.79. The summed E-state index contributed by atoms with van der Waals surface area (Å²) >= 11 is 6.10. The van der Waals surface area contributed by atoms with Crippen molar-refractivity contribution in [2.75, 3.05) is 10.7 Å². The molecule has 1 fully saturated rings. The topological polar surface area (TPSA) is 75.2 Å². The second kappa shape index (κ2) is 8.49. The largest absolute Gasteiger partial charge is 0.349 e. The third-order valence-corrected chi connectivity index (χ3v) is 6.51. The maximum absolute atomic E-state index is 12.2. The molecule has 0 aliphatic heterocycles. The maximum atomic E-state index is 12.2. The summed E-state index contributed by atoms with van der Waals surface area (Å²) < 4.78 is 1.70. The number of halogens is 1. The normalized spacial score (nSPS) is 14.7. The van der Waals surface area contributed by atoms with Crippen molar-refractivity contribution in [3.05, 3.63) is 34.3 Å². The van der Waals surface area contributed by atoms with E-state index in [9.17, 15) is 9.59 Å². The first-order valence-electron chi connectivity index (χ1n) is 8.25. The van der Waals surface area contributed by atoms with E-state index in [4.69, 9.17) is 0 Å². The van der Waals surface area contributed by atoms with E-state index in [0.29, 0.717) is 9.47 Å². The number of hydrogen-bond acceptors (Lipinski definition) is 6. The molecule has 138 valence electrons. The van der Waals surface area contributed by atoms with Gasteiger partial charge in [0.15, 0.2) is 4.34 Å². The Labute approximate surface area is 168 Å². The van der Waals surface area contributed by atoms with Gasteiger partial charge in [0.05, 0.1) is 11.8 Å². The number of amides is 2. The Morgan fingerprint density at radius 3 is 2.65 bits per heavy atom. The highest BCUT2D eigenvalue weighted by molar-refractivity contribution is 9.10. The first kappa shape index (κ1) is 19.3. The van der Waals surface area contributed by atoms with Gasteiger partial charge in [-0.25, -0.2) is 0 Å². The van der Waals surface area contributed by atoms with Crippen LogP contribution in [0.2, 0.25) is 0 Å². The van der Waals surface area contributed by atoms with E-state index in [2.05, 4.69) is 31.4 Å². The van der Waals surface area contributed by atoms with Gasteiger partial charge in [-0.2, -0.15) is 0 Å². The molecule has 1 aliphatic carbocycles. The number of benzene rings is 1. The summed E-state index contributed by atoms with van der Waals surface area (Å²) in [5.74, 6) is 0.188. The molecular weight excluding hydrogens is 436 g/mol. The maximum Gasteiger partial charge on any atom is 0.230 e. The van der Waals surface area contributed by atoms with Crippen LogP contribution in [0.3, 0.4) is 0 Å². The van der Waals surface area contributed by atoms with Gasteiger partial charge in [0, 0.05) is 17.4 Å². The van der Waals surface area contributed by atoms with Crippen molar-refractivity contribution in [3.63, 3.8) is 0 Å². The van der Waals surface area contributed by atoms with Gasteiger partial charge in [0.1, 0.15) is 0 Å². The van der Waals surface area contributed by atoms with Crippen molar-refractivity contribution in [2.24, 2.45) is 0 Å². The van der Waals surface area contributed by atoms with Crippen molar-refractivity contribution in [1.29, 1.82) is 0 Å². The third kappa shape index (κ3) is 5.05. The van der Waals surface area contributed by atoms with E-state index in [1.54, 1.807) is 11.8 Å². The molecule has 26 heavy (non-hydrogen) atoms. The number of aromatic nitrogens is 2. The summed E-state index contributed by atoms with van der Waals surface area (Å²) in [5, 5.41) is 11.8. The Morgan fingerprint density at radius 1 is 1.35 bits per heavy atom. The molecule has 0 bridgehead atoms. The van der Waals surface area contributed by atoms with Gasteiger partial charge >= 0.3 is 0 Å². The number of nitrogens with one attached hydrogen (secondary N) is 1. The van der Waals surface area contributed by atoms with Crippen LogP contribution >= 0.6 is 39.0 Å². The summed E-state index contributed by atoms with van der Waals surface area (Å²) in [6.07, 6.45) is 2.02. The van der Waals surface area contributed by atoms with Crippen LogP contribution in [-0.2, 0) is 9.59 Å². The first-order valence-corrected chi connectivity index (χ1v) is 10.8. The van der Waals surface area contributed by atoms with Crippen LogP contribution in [0, 0.1) is 0 Å². The molecule has 0 radical (unpaired) electrons. The van der Waals surface area contributed by atoms with Crippen LogP contribution < -0.4 is 10.2 Å². The minimum absolute atomic E-state index is 0.0127. The van der Waals surface area contributed by atoms with Crippen molar-refractivity contribution in [2.45, 2.75) is 43.1 Å². The molecule has 3 rings (SSSR count). The van der Waals surface area contributed by atoms with Gasteiger partial charge in [-0.1, -0.05) is 51.2 Å². The van der Waals surface area contributed by atoms with Crippen LogP contribution in [0.1, 0.15) is 38.3 Å². The van der Waals surface area contributed by atoms with E-state index in [0.717, 1.165) is 22.9 Å². The number of nitrogens with zero attached hydrogens (tertiary/aromatic N) is 3. The van der Waals surface area contributed by atoms with E-state index < -0.39 is 0 Å². The summed E-state index contributed by atoms with van der Waals surface area (Å²) in [7, 11) is 0. The van der Waals surface area contributed by atoms with Crippen LogP contribution in [-0.4, -0.2) is 33.8 Å². The van der Waals surface area contributed by atoms with Gasteiger partial charge < -0.3 is 5.32 Å². The zero-order chi connectivity index (χ0) is 18.7. The number of thioether (sulfide) groups is 1. The van der Waals surface area contributed by atoms with Crippen molar-refractivity contribution < 1.29 is 9.59 Å². The fraction of sp³-hybridized carbons (Fsp3) is 0.412. The van der Waals surface area contributed by atoms with Crippen molar-refractivity contribution in [3.8, 4) is 0 Å². The molecule has 1 N–H and O–H groups in total. The zero-order valence-corrected chi connectivity index (χ0v) is 17.7. The molecule has 1 heterocycles. The number of anilines is 1. The van der Waals surface area contributed by atoms with Crippen LogP contribution in [0.25, 0.3) is 0 Å². The molecule has 1 atom stereocenters. The molecule has 2 amide bonds. The standard InChI is InChI=1S/C17H19BrN4O2S2/c1-10(12-3-5-13(18)6-4-12)19-15(24)9-25-17-21-20-16(26-17)22(11(2)23)14-7-8-14/h3-6,10,14H,7-9H2,1-2H3,(H,19,24). The van der Waals surface area contributed by atoms with Gasteiger partial charge in [0.25, 0.3) is 0 Å². The van der Waals surface area contributed by atoms with Crippen LogP contribution in [0.15, 0.2) is 33.1 Å². The lowest BCUT2D eigenvalue weighted by atomic mass is 10.1. The summed E-state index contributed by atoms with van der Waals surface area (Å²) in [6.45, 7) is 3.50. The first-order chi connectivity index (χ1) is 12.4. The SMILES string of the molecule is CC(=O)N(c1nnc(SCC(=O)NC(C)c2ccc(Br)cc2)s1)C1CC1. The van der Waals surface area contributed by atoms with E-state index in [1.807, 2.05) is 31.2 Å². The lowest BCUT2D eigenvalue weighted by Gasteiger charge is -2.15. The Balaban J connectivity index is 1.51. The Kier molecular flexibility index (Phi) is 6.31. The Hall–Kier alpha value is -1.45. The Morgan fingerprint density at radius 2 is 2.04 bits per heavy atom. The second-order valence-corrected chi connectivity index (χ2v) is 9.19. The molecule has 1 aromatic carbocycles. The highest BCUT2D eigenvalue weighted by Gasteiger charge is 2.34. The minimum Gasteiger partial charge on any atom is -0.349 e. The number of hydrogen-bond donors (Lipinski definition) is 1. The average molecular weight is 455 g/mol. The quantitative estimate of drug-likeness (QED) is 0.508. The molecule has 9 heteroatoms. The molecule has 1 unspecified atom stereocenters. The highest BCUT2D eigenvalue weighted by atomic mass is 79.9. The van der Waals surface area contributed by atoms with Gasteiger partial charge in [-0.3, -0.25) is 14.5 Å². The molecule has 1 saturated carbocycles. The average Bonchev–Trinajstić information content (AvgIpc) is 3.31. The van der Waals surface area contributed by atoms with Crippen molar-refractivity contribution >= 4 is 56.0 Å². The highest BCUT2D eigenvalue weighted by Crippen LogP contribution is 2.35. The summed E-state index contributed by atoms with van der Waals surface area (Å²) in [6, 6.07) is 8.06. The van der Waals surface area contributed by atoms with E-state index in [1.165, 1.54) is 23.1 Å². The molecule has 1 aliphatic rings. The molecule has 0 spiro atoms. The smallest absolute Gasteiger partial charge is 0.230 e. The molecule has 6 nitrogen and oxygen atoms in total. The van der Waals surface area contributed by atoms with Crippen molar-refractivity contribution in [1.82, 2.24) is 15.5 Å². The fourth-order valence-corrected chi connectivity index (χ4v) is 4.52. The monoisotopic (exact) mass is 454 g/mol. The number of carbonyl (C=O) groups excluding carboxylic acids is 2. The summed E-state index contributed by atoms with van der Waals surface area (Å²) in [4.78, 5) is 25.7. The lowest BCUT2D eigenvalue weighted by Crippen LogP contribution is -2.30. The van der Waals surface area contributed by atoms with Gasteiger partial charge in [-0.05, 0) is 37.5 Å². The molecule has 2 aromatic rings. The number of rotatable bonds is 7. The second-order valence-electron chi connectivity index (χ2n) is 6.10. The van der Waals surface area contributed by atoms with Gasteiger partial charge in [0.2, 0.25) is 16.9 Å². The number of carbonyl (C=O) groups is 2. The molecule has 0 saturated heterocycles. The fourth-order valence-electron chi connectivity index (χ4n) is 2.48. The van der Waals surface area contributed by atoms with Gasteiger partial charge in [-0.15, -0.1) is 10.2 Å². The summed E-state index contributed by atoms with van der Waals surface area (Å²) in [5.41, 5.74) is 1.05.